The maximum atomic E-state index is 14.8. The predicted octanol–water partition coefficient (Wildman–Crippen LogP) is 11.7. The summed E-state index contributed by atoms with van der Waals surface area (Å²) < 4.78 is 23.4. The van der Waals surface area contributed by atoms with E-state index < -0.39 is 22.8 Å². The molecule has 10 rings (SSSR count). The van der Waals surface area contributed by atoms with E-state index in [1.165, 1.54) is 12.1 Å². The zero-order valence-corrected chi connectivity index (χ0v) is 42.3. The van der Waals surface area contributed by atoms with E-state index in [0.29, 0.717) is 82.6 Å². The number of hydrogen-bond donors (Lipinski definition) is 0. The number of fused-ring (bicyclic) bond motifs is 6. The Morgan fingerprint density at radius 3 is 1.37 bits per heavy atom. The number of hydrogen-bond acceptors (Lipinski definition) is 5. The molecule has 6 aromatic carbocycles. The molecular weight excluding hydrogens is 935 g/mol. The number of aromatic nitrogens is 2. The number of halogens is 2. The second kappa shape index (κ2) is 21.0. The van der Waals surface area contributed by atoms with E-state index in [1.807, 2.05) is 147 Å². The maximum absolute atomic E-state index is 14.8. The van der Waals surface area contributed by atoms with Crippen LogP contribution in [0.4, 0.5) is 4.39 Å². The first-order valence-corrected chi connectivity index (χ1v) is 25.8. The number of carbonyl (C=O) groups is 4. The highest BCUT2D eigenvalue weighted by molar-refractivity contribution is 6.30. The Bertz CT molecular complexity index is 3090. The minimum Gasteiger partial charge on any atom is -0.390 e. The lowest BCUT2D eigenvalue weighted by Gasteiger charge is -2.38. The summed E-state index contributed by atoms with van der Waals surface area (Å²) in [4.78, 5) is 61.5. The molecule has 2 aliphatic rings. The number of benzene rings is 6. The third-order valence-electron chi connectivity index (χ3n) is 15.4. The van der Waals surface area contributed by atoms with Crippen LogP contribution >= 0.6 is 11.6 Å². The Hall–Kier alpha value is -7.30. The first kappa shape index (κ1) is 49.3. The molecule has 8 aromatic rings. The van der Waals surface area contributed by atoms with Crippen molar-refractivity contribution in [2.45, 2.75) is 91.4 Å². The Morgan fingerprint density at radius 1 is 0.534 bits per heavy atom. The quantitative estimate of drug-likeness (QED) is 0.0710. The zero-order chi connectivity index (χ0) is 50.7. The van der Waals surface area contributed by atoms with Gasteiger partial charge in [-0.15, -0.1) is 0 Å². The summed E-state index contributed by atoms with van der Waals surface area (Å²) in [5.41, 5.74) is 8.46. The normalized spacial score (nSPS) is 17.2. The summed E-state index contributed by atoms with van der Waals surface area (Å²) in [5, 5.41) is 2.63. The van der Waals surface area contributed by atoms with Crippen molar-refractivity contribution in [1.82, 2.24) is 18.9 Å². The van der Waals surface area contributed by atoms with Gasteiger partial charge in [0.15, 0.2) is 0 Å². The highest BCUT2D eigenvalue weighted by Crippen LogP contribution is 2.44. The molecule has 0 bridgehead atoms. The lowest BCUT2D eigenvalue weighted by Crippen LogP contribution is -2.46. The molecule has 0 radical (unpaired) electrons. The molecule has 2 atom stereocenters. The van der Waals surface area contributed by atoms with Crippen LogP contribution in [0.5, 0.6) is 0 Å². The van der Waals surface area contributed by atoms with Gasteiger partial charge in [-0.2, -0.15) is 0 Å². The second-order valence-corrected chi connectivity index (χ2v) is 21.0. The van der Waals surface area contributed by atoms with Crippen LogP contribution in [0.3, 0.4) is 0 Å². The number of para-hydroxylation sites is 2. The van der Waals surface area contributed by atoms with E-state index >= 15 is 0 Å². The molecule has 2 aromatic heterocycles. The van der Waals surface area contributed by atoms with Crippen LogP contribution in [-0.2, 0) is 88.6 Å². The van der Waals surface area contributed by atoms with Crippen molar-refractivity contribution < 1.29 is 28.3 Å². The average Bonchev–Trinajstić information content (AvgIpc) is 3.87. The van der Waals surface area contributed by atoms with Crippen LogP contribution in [-0.4, -0.2) is 55.8 Å². The van der Waals surface area contributed by atoms with Crippen LogP contribution in [0.15, 0.2) is 158 Å². The van der Waals surface area contributed by atoms with Gasteiger partial charge in [0.05, 0.1) is 10.8 Å². The van der Waals surface area contributed by atoms with Crippen LogP contribution < -0.4 is 0 Å². The van der Waals surface area contributed by atoms with Crippen molar-refractivity contribution in [2.75, 3.05) is 13.1 Å². The number of esters is 2. The van der Waals surface area contributed by atoms with Crippen molar-refractivity contribution >= 4 is 57.2 Å². The zero-order valence-electron chi connectivity index (χ0n) is 41.5. The number of ether oxygens (including phenoxy) is 1. The number of nitrogens with zero attached hydrogens (tertiary/aromatic N) is 4. The maximum Gasteiger partial charge on any atom is 0.333 e. The Kier molecular flexibility index (Phi) is 14.2. The molecule has 73 heavy (non-hydrogen) atoms. The van der Waals surface area contributed by atoms with Gasteiger partial charge in [-0.1, -0.05) is 147 Å². The average molecular weight is 996 g/mol. The van der Waals surface area contributed by atoms with Gasteiger partial charge < -0.3 is 23.7 Å². The Morgan fingerprint density at radius 2 is 0.932 bits per heavy atom. The molecule has 0 spiro atoms. The Labute approximate surface area is 431 Å². The van der Waals surface area contributed by atoms with Crippen molar-refractivity contribution in [1.29, 1.82) is 0 Å². The van der Waals surface area contributed by atoms with Crippen molar-refractivity contribution in [3.05, 3.63) is 213 Å². The predicted molar refractivity (Wildman–Crippen MR) is 284 cm³/mol. The van der Waals surface area contributed by atoms with Crippen LogP contribution in [0.25, 0.3) is 21.8 Å². The highest BCUT2D eigenvalue weighted by Gasteiger charge is 2.43. The SMILES string of the molecule is CC1(C(=O)N(CCc2ccc(F)cc2)Cc2ccccc2)CCc2c(c3ccccc3n2CC(=O)OC(=O)Cn2c3c(c4ccccc42)CC(C)(C(=O)N(CCc2ccc(Cl)cc2)Cc2ccccc2)CC3)C1. The van der Waals surface area contributed by atoms with Gasteiger partial charge in [-0.05, 0) is 121 Å². The van der Waals surface area contributed by atoms with Gasteiger partial charge in [0.1, 0.15) is 18.9 Å². The van der Waals surface area contributed by atoms with Crippen LogP contribution in [0.1, 0.15) is 71.5 Å². The van der Waals surface area contributed by atoms with E-state index in [-0.39, 0.29) is 30.7 Å². The third-order valence-corrected chi connectivity index (χ3v) is 15.6. The standard InChI is InChI=1S/C62H60ClFN4O5/c1-61(59(71)65(39-45-13-5-3-6-14-45)35-31-43-21-25-47(63)26-22-43)33-29-55-51(37-61)49-17-9-11-19-53(49)67(55)41-57(69)73-58(70)42-68-54-20-12-10-18-50(54)52-38-62(2,34-30-56(52)68)60(72)66(40-46-15-7-4-8-16-46)36-32-44-23-27-48(64)28-24-44/h3-28H,29-42H2,1-2H3. The molecule has 2 aliphatic carbocycles. The number of carbonyl (C=O) groups excluding carboxylic acids is 4. The summed E-state index contributed by atoms with van der Waals surface area (Å²) in [6.45, 7) is 5.77. The lowest BCUT2D eigenvalue weighted by atomic mass is 9.73. The topological polar surface area (TPSA) is 93.9 Å². The van der Waals surface area contributed by atoms with Crippen molar-refractivity contribution in [3.63, 3.8) is 0 Å². The molecule has 0 aliphatic heterocycles. The summed E-state index contributed by atoms with van der Waals surface area (Å²) in [5.74, 6) is -1.46. The molecule has 0 saturated carbocycles. The third kappa shape index (κ3) is 10.6. The van der Waals surface area contributed by atoms with E-state index in [9.17, 15) is 23.6 Å². The van der Waals surface area contributed by atoms with Gasteiger partial charge in [0, 0.05) is 64.4 Å². The minimum absolute atomic E-state index is 0.0529. The van der Waals surface area contributed by atoms with Gasteiger partial charge in [-0.3, -0.25) is 9.59 Å². The molecule has 0 fully saturated rings. The van der Waals surface area contributed by atoms with Crippen molar-refractivity contribution in [3.8, 4) is 0 Å². The fourth-order valence-corrected chi connectivity index (χ4v) is 11.6. The summed E-state index contributed by atoms with van der Waals surface area (Å²) in [6, 6.07) is 50.1. The first-order chi connectivity index (χ1) is 35.3. The summed E-state index contributed by atoms with van der Waals surface area (Å²) in [7, 11) is 0. The molecule has 372 valence electrons. The molecule has 2 unspecified atom stereocenters. The molecule has 2 amide bonds. The number of amides is 2. The molecule has 0 N–H and O–H groups in total. The van der Waals surface area contributed by atoms with Crippen LogP contribution in [0, 0.1) is 16.6 Å². The second-order valence-electron chi connectivity index (χ2n) is 20.6. The van der Waals surface area contributed by atoms with Gasteiger partial charge >= 0.3 is 11.9 Å². The molecule has 9 nitrogen and oxygen atoms in total. The minimum atomic E-state index is -0.723. The monoisotopic (exact) mass is 994 g/mol. The fraction of sp³-hybridized carbons (Fsp3) is 0.290. The van der Waals surface area contributed by atoms with Crippen LogP contribution in [0.2, 0.25) is 5.02 Å². The first-order valence-electron chi connectivity index (χ1n) is 25.4. The molecular formula is C62H60ClFN4O5. The Balaban J connectivity index is 0.845. The van der Waals surface area contributed by atoms with E-state index in [4.69, 9.17) is 16.3 Å². The lowest BCUT2D eigenvalue weighted by molar-refractivity contribution is -0.160. The van der Waals surface area contributed by atoms with Gasteiger partial charge in [0.2, 0.25) is 11.8 Å². The largest absolute Gasteiger partial charge is 0.390 e. The summed E-state index contributed by atoms with van der Waals surface area (Å²) in [6.07, 6.45) is 4.55. The molecule has 0 saturated heterocycles. The highest BCUT2D eigenvalue weighted by atomic mass is 35.5. The fourth-order valence-electron chi connectivity index (χ4n) is 11.4. The van der Waals surface area contributed by atoms with E-state index in [2.05, 4.69) is 19.1 Å². The van der Waals surface area contributed by atoms with Gasteiger partial charge in [-0.25, -0.2) is 14.0 Å². The summed E-state index contributed by atoms with van der Waals surface area (Å²) >= 11 is 6.19. The van der Waals surface area contributed by atoms with Gasteiger partial charge in [0.25, 0.3) is 0 Å². The molecule has 2 heterocycles. The molecule has 11 heteroatoms. The van der Waals surface area contributed by atoms with E-state index in [0.717, 1.165) is 66.6 Å². The number of rotatable bonds is 16. The van der Waals surface area contributed by atoms with Crippen molar-refractivity contribution in [2.24, 2.45) is 10.8 Å². The van der Waals surface area contributed by atoms with E-state index in [1.54, 1.807) is 12.1 Å². The smallest absolute Gasteiger partial charge is 0.333 e.